The van der Waals surface area contributed by atoms with Crippen molar-refractivity contribution in [3.63, 3.8) is 0 Å². The van der Waals surface area contributed by atoms with Crippen LogP contribution in [-0.2, 0) is 4.79 Å². The fraction of sp³-hybridized carbons (Fsp3) is 0.250. The van der Waals surface area contributed by atoms with Gasteiger partial charge in [0.2, 0.25) is 0 Å². The first kappa shape index (κ1) is 16.9. The number of esters is 1. The van der Waals surface area contributed by atoms with E-state index in [9.17, 15) is 14.4 Å². The van der Waals surface area contributed by atoms with Crippen molar-refractivity contribution in [1.29, 1.82) is 0 Å². The number of imide groups is 1. The van der Waals surface area contributed by atoms with E-state index < -0.39 is 12.0 Å². The van der Waals surface area contributed by atoms with Crippen molar-refractivity contribution in [3.05, 3.63) is 65.2 Å². The molecule has 5 heteroatoms. The Bertz CT molecular complexity index is 804. The van der Waals surface area contributed by atoms with Gasteiger partial charge >= 0.3 is 5.97 Å². The molecule has 0 saturated heterocycles. The third-order valence-electron chi connectivity index (χ3n) is 4.22. The van der Waals surface area contributed by atoms with Crippen molar-refractivity contribution < 1.29 is 19.1 Å². The zero-order chi connectivity index (χ0) is 18.1. The SMILES string of the molecule is CC(=O)Oc1ccc(C(C(C)C)N2C(=O)c3ccccc3C2=O)cc1. The Kier molecular flexibility index (Phi) is 4.40. The normalized spacial score (nSPS) is 14.6. The molecule has 0 spiro atoms. The lowest BCUT2D eigenvalue weighted by atomic mass is 9.94. The highest BCUT2D eigenvalue weighted by Gasteiger charge is 2.41. The summed E-state index contributed by atoms with van der Waals surface area (Å²) in [7, 11) is 0. The van der Waals surface area contributed by atoms with E-state index in [2.05, 4.69) is 0 Å². The third-order valence-corrected chi connectivity index (χ3v) is 4.22. The van der Waals surface area contributed by atoms with E-state index in [1.807, 2.05) is 13.8 Å². The minimum atomic E-state index is -0.395. The summed E-state index contributed by atoms with van der Waals surface area (Å²) in [4.78, 5) is 37.9. The number of carbonyl (C=O) groups excluding carboxylic acids is 3. The highest BCUT2D eigenvalue weighted by Crippen LogP contribution is 2.36. The van der Waals surface area contributed by atoms with E-state index in [1.165, 1.54) is 11.8 Å². The van der Waals surface area contributed by atoms with Gasteiger partial charge < -0.3 is 4.74 Å². The highest BCUT2D eigenvalue weighted by molar-refractivity contribution is 6.21. The average Bonchev–Trinajstić information content (AvgIpc) is 2.82. The number of hydrogen-bond donors (Lipinski definition) is 0. The number of ether oxygens (including phenoxy) is 1. The van der Waals surface area contributed by atoms with Crippen molar-refractivity contribution in [2.24, 2.45) is 5.92 Å². The van der Waals surface area contributed by atoms with E-state index in [4.69, 9.17) is 4.74 Å². The van der Waals surface area contributed by atoms with Gasteiger partial charge in [0.05, 0.1) is 17.2 Å². The molecule has 1 unspecified atom stereocenters. The number of nitrogens with zero attached hydrogens (tertiary/aromatic N) is 1. The Morgan fingerprint density at radius 2 is 1.44 bits per heavy atom. The van der Waals surface area contributed by atoms with E-state index in [-0.39, 0.29) is 17.7 Å². The first-order valence-corrected chi connectivity index (χ1v) is 8.15. The molecule has 1 aliphatic rings. The first-order valence-electron chi connectivity index (χ1n) is 8.15. The van der Waals surface area contributed by atoms with Crippen LogP contribution < -0.4 is 4.74 Å². The largest absolute Gasteiger partial charge is 0.427 e. The van der Waals surface area contributed by atoms with Crippen LogP contribution in [-0.4, -0.2) is 22.7 Å². The molecule has 5 nitrogen and oxygen atoms in total. The van der Waals surface area contributed by atoms with Crippen LogP contribution in [0.1, 0.15) is 53.1 Å². The molecule has 0 fully saturated rings. The summed E-state index contributed by atoms with van der Waals surface area (Å²) in [5, 5.41) is 0. The number of hydrogen-bond acceptors (Lipinski definition) is 4. The Hall–Kier alpha value is -2.95. The smallest absolute Gasteiger partial charge is 0.308 e. The summed E-state index contributed by atoms with van der Waals surface area (Å²) in [6, 6.07) is 13.4. The molecule has 2 aromatic carbocycles. The molecule has 2 aromatic rings. The van der Waals surface area contributed by atoms with Crippen LogP contribution in [0, 0.1) is 5.92 Å². The predicted octanol–water partition coefficient (Wildman–Crippen LogP) is 3.61. The van der Waals surface area contributed by atoms with Crippen LogP contribution in [0.5, 0.6) is 5.75 Å². The van der Waals surface area contributed by atoms with Crippen molar-refractivity contribution in [2.45, 2.75) is 26.8 Å². The van der Waals surface area contributed by atoms with Gasteiger partial charge in [-0.15, -0.1) is 0 Å². The van der Waals surface area contributed by atoms with Gasteiger partial charge in [-0.05, 0) is 35.7 Å². The van der Waals surface area contributed by atoms with Crippen LogP contribution in [0.2, 0.25) is 0 Å². The van der Waals surface area contributed by atoms with Crippen molar-refractivity contribution >= 4 is 17.8 Å². The molecule has 0 bridgehead atoms. The summed E-state index contributed by atoms with van der Waals surface area (Å²) >= 11 is 0. The fourth-order valence-corrected chi connectivity index (χ4v) is 3.19. The molecule has 0 aromatic heterocycles. The van der Waals surface area contributed by atoms with Gasteiger partial charge in [0.15, 0.2) is 0 Å². The molecule has 1 heterocycles. The summed E-state index contributed by atoms with van der Waals surface area (Å²) in [6.07, 6.45) is 0. The number of fused-ring (bicyclic) bond motifs is 1. The lowest BCUT2D eigenvalue weighted by Crippen LogP contribution is -2.36. The monoisotopic (exact) mass is 337 g/mol. The maximum atomic E-state index is 12.8. The molecule has 25 heavy (non-hydrogen) atoms. The number of carbonyl (C=O) groups is 3. The van der Waals surface area contributed by atoms with Gasteiger partial charge in [-0.1, -0.05) is 38.1 Å². The van der Waals surface area contributed by atoms with E-state index in [1.54, 1.807) is 48.5 Å². The van der Waals surface area contributed by atoms with E-state index in [0.29, 0.717) is 16.9 Å². The summed E-state index contributed by atoms with van der Waals surface area (Å²) in [5.74, 6) is -0.483. The molecule has 0 saturated carbocycles. The quantitative estimate of drug-likeness (QED) is 0.486. The van der Waals surface area contributed by atoms with Gasteiger partial charge in [0.1, 0.15) is 5.75 Å². The minimum absolute atomic E-state index is 0.0294. The van der Waals surface area contributed by atoms with Gasteiger partial charge in [-0.2, -0.15) is 0 Å². The van der Waals surface area contributed by atoms with Gasteiger partial charge in [-0.25, -0.2) is 0 Å². The minimum Gasteiger partial charge on any atom is -0.427 e. The molecular formula is C20H19NO4. The van der Waals surface area contributed by atoms with Crippen LogP contribution >= 0.6 is 0 Å². The number of amides is 2. The second-order valence-electron chi connectivity index (χ2n) is 6.38. The van der Waals surface area contributed by atoms with Gasteiger partial charge in [-0.3, -0.25) is 19.3 Å². The Morgan fingerprint density at radius 1 is 0.920 bits per heavy atom. The molecule has 0 N–H and O–H groups in total. The molecule has 3 rings (SSSR count). The predicted molar refractivity (Wildman–Crippen MR) is 92.3 cm³/mol. The van der Waals surface area contributed by atoms with Crippen molar-refractivity contribution in [1.82, 2.24) is 4.90 Å². The summed E-state index contributed by atoms with van der Waals surface area (Å²) in [5.41, 5.74) is 1.70. The summed E-state index contributed by atoms with van der Waals surface area (Å²) < 4.78 is 5.04. The van der Waals surface area contributed by atoms with Crippen LogP contribution in [0.3, 0.4) is 0 Å². The molecular weight excluding hydrogens is 318 g/mol. The van der Waals surface area contributed by atoms with Crippen LogP contribution in [0.15, 0.2) is 48.5 Å². The summed E-state index contributed by atoms with van der Waals surface area (Å²) in [6.45, 7) is 5.27. The van der Waals surface area contributed by atoms with Gasteiger partial charge in [0, 0.05) is 6.92 Å². The maximum absolute atomic E-state index is 12.8. The third kappa shape index (κ3) is 3.05. The first-order chi connectivity index (χ1) is 11.9. The fourth-order valence-electron chi connectivity index (χ4n) is 3.19. The molecule has 1 atom stereocenters. The van der Waals surface area contributed by atoms with Crippen molar-refractivity contribution in [3.8, 4) is 5.75 Å². The Balaban J connectivity index is 1.96. The van der Waals surface area contributed by atoms with E-state index in [0.717, 1.165) is 5.56 Å². The Morgan fingerprint density at radius 3 is 1.88 bits per heavy atom. The standard InChI is InChI=1S/C20H19NO4/c1-12(2)18(14-8-10-15(11-9-14)25-13(3)22)21-19(23)16-6-4-5-7-17(16)20(21)24/h4-12,18H,1-3H3. The zero-order valence-electron chi connectivity index (χ0n) is 14.4. The maximum Gasteiger partial charge on any atom is 0.308 e. The average molecular weight is 337 g/mol. The van der Waals surface area contributed by atoms with E-state index >= 15 is 0 Å². The second kappa shape index (κ2) is 6.51. The number of benzene rings is 2. The van der Waals surface area contributed by atoms with Crippen molar-refractivity contribution in [2.75, 3.05) is 0 Å². The lowest BCUT2D eigenvalue weighted by Gasteiger charge is -2.30. The molecule has 1 aliphatic heterocycles. The molecule has 2 amide bonds. The lowest BCUT2D eigenvalue weighted by molar-refractivity contribution is -0.131. The van der Waals surface area contributed by atoms with Crippen LogP contribution in [0.4, 0.5) is 0 Å². The number of rotatable bonds is 4. The molecule has 0 aliphatic carbocycles. The zero-order valence-corrected chi connectivity index (χ0v) is 14.4. The highest BCUT2D eigenvalue weighted by atomic mass is 16.5. The molecule has 128 valence electrons. The Labute approximate surface area is 146 Å². The van der Waals surface area contributed by atoms with Gasteiger partial charge in [0.25, 0.3) is 11.8 Å². The van der Waals surface area contributed by atoms with Crippen LogP contribution in [0.25, 0.3) is 0 Å². The topological polar surface area (TPSA) is 63.7 Å². The molecule has 0 radical (unpaired) electrons. The second-order valence-corrected chi connectivity index (χ2v) is 6.38.